The number of aromatic nitrogens is 2. The van der Waals surface area contributed by atoms with Gasteiger partial charge in [-0.05, 0) is 18.1 Å². The van der Waals surface area contributed by atoms with Crippen LogP contribution in [0.15, 0.2) is 36.7 Å². The highest BCUT2D eigenvalue weighted by atomic mass is 16.1. The van der Waals surface area contributed by atoms with E-state index in [-0.39, 0.29) is 11.8 Å². The molecule has 5 heteroatoms. The van der Waals surface area contributed by atoms with E-state index in [4.69, 9.17) is 0 Å². The first-order chi connectivity index (χ1) is 9.78. The fourth-order valence-electron chi connectivity index (χ4n) is 2.56. The summed E-state index contributed by atoms with van der Waals surface area (Å²) >= 11 is 0. The van der Waals surface area contributed by atoms with E-state index in [0.717, 1.165) is 24.3 Å². The van der Waals surface area contributed by atoms with E-state index in [1.165, 1.54) is 5.56 Å². The highest BCUT2D eigenvalue weighted by molar-refractivity contribution is 5.96. The Bertz CT molecular complexity index is 620. The van der Waals surface area contributed by atoms with Gasteiger partial charge in [0.1, 0.15) is 0 Å². The molecule has 0 saturated heterocycles. The fourth-order valence-corrected chi connectivity index (χ4v) is 2.56. The van der Waals surface area contributed by atoms with Crippen LogP contribution in [0.3, 0.4) is 0 Å². The van der Waals surface area contributed by atoms with Gasteiger partial charge in [-0.15, -0.1) is 0 Å². The van der Waals surface area contributed by atoms with Crippen LogP contribution in [0.1, 0.15) is 24.0 Å². The predicted octanol–water partition coefficient (Wildman–Crippen LogP) is 1.73. The summed E-state index contributed by atoms with van der Waals surface area (Å²) in [4.78, 5) is 12.4. The third-order valence-corrected chi connectivity index (χ3v) is 3.64. The molecule has 2 heterocycles. The third-order valence-electron chi connectivity index (χ3n) is 3.64. The predicted molar refractivity (Wildman–Crippen MR) is 77.4 cm³/mol. The number of aryl methyl sites for hydroxylation is 1. The number of hydrogen-bond acceptors (Lipinski definition) is 3. The van der Waals surface area contributed by atoms with Crippen molar-refractivity contribution in [2.45, 2.75) is 25.9 Å². The van der Waals surface area contributed by atoms with Crippen molar-refractivity contribution >= 4 is 11.6 Å². The lowest BCUT2D eigenvalue weighted by Crippen LogP contribution is -2.35. The molecule has 1 aliphatic rings. The van der Waals surface area contributed by atoms with Crippen LogP contribution in [0, 0.1) is 0 Å². The number of nitrogens with one attached hydrogen (secondary N) is 2. The molecule has 0 spiro atoms. The van der Waals surface area contributed by atoms with Crippen molar-refractivity contribution in [3.05, 3.63) is 47.8 Å². The number of fused-ring (bicyclic) bond motifs is 1. The second-order valence-corrected chi connectivity index (χ2v) is 4.96. The first kappa shape index (κ1) is 12.9. The van der Waals surface area contributed by atoms with Gasteiger partial charge in [-0.3, -0.25) is 9.48 Å². The Morgan fingerprint density at radius 2 is 2.35 bits per heavy atom. The SMILES string of the molecule is CCn1cc(NC(=O)C2CNCc3ccccc32)cn1. The van der Waals surface area contributed by atoms with Crippen molar-refractivity contribution in [3.8, 4) is 0 Å². The van der Waals surface area contributed by atoms with Gasteiger partial charge < -0.3 is 10.6 Å². The lowest BCUT2D eigenvalue weighted by atomic mass is 9.90. The highest BCUT2D eigenvalue weighted by Gasteiger charge is 2.26. The van der Waals surface area contributed by atoms with Crippen molar-refractivity contribution < 1.29 is 4.79 Å². The van der Waals surface area contributed by atoms with Gasteiger partial charge in [0, 0.05) is 25.8 Å². The molecule has 2 N–H and O–H groups in total. The van der Waals surface area contributed by atoms with Gasteiger partial charge in [-0.25, -0.2) is 0 Å². The van der Waals surface area contributed by atoms with Gasteiger partial charge in [0.05, 0.1) is 17.8 Å². The molecule has 1 amide bonds. The van der Waals surface area contributed by atoms with Gasteiger partial charge in [-0.1, -0.05) is 24.3 Å². The number of rotatable bonds is 3. The van der Waals surface area contributed by atoms with Crippen molar-refractivity contribution in [1.82, 2.24) is 15.1 Å². The van der Waals surface area contributed by atoms with E-state index in [1.54, 1.807) is 10.9 Å². The van der Waals surface area contributed by atoms with Crippen LogP contribution in [-0.2, 0) is 17.9 Å². The Hall–Kier alpha value is -2.14. The molecule has 0 bridgehead atoms. The molecule has 1 aromatic carbocycles. The summed E-state index contributed by atoms with van der Waals surface area (Å²) in [6, 6.07) is 8.10. The first-order valence-corrected chi connectivity index (χ1v) is 6.89. The van der Waals surface area contributed by atoms with E-state index in [1.807, 2.05) is 31.3 Å². The zero-order valence-corrected chi connectivity index (χ0v) is 11.5. The van der Waals surface area contributed by atoms with E-state index < -0.39 is 0 Å². The molecule has 104 valence electrons. The molecule has 0 fully saturated rings. The largest absolute Gasteiger partial charge is 0.323 e. The second-order valence-electron chi connectivity index (χ2n) is 4.96. The minimum Gasteiger partial charge on any atom is -0.323 e. The zero-order chi connectivity index (χ0) is 13.9. The van der Waals surface area contributed by atoms with Crippen LogP contribution < -0.4 is 10.6 Å². The number of hydrogen-bond donors (Lipinski definition) is 2. The maximum absolute atomic E-state index is 12.4. The van der Waals surface area contributed by atoms with Crippen LogP contribution in [0.5, 0.6) is 0 Å². The summed E-state index contributed by atoms with van der Waals surface area (Å²) in [7, 11) is 0. The molecule has 0 saturated carbocycles. The molecule has 3 rings (SSSR count). The van der Waals surface area contributed by atoms with E-state index in [0.29, 0.717) is 6.54 Å². The fraction of sp³-hybridized carbons (Fsp3) is 0.333. The minimum absolute atomic E-state index is 0.0142. The topological polar surface area (TPSA) is 59.0 Å². The van der Waals surface area contributed by atoms with Crippen LogP contribution in [0.2, 0.25) is 0 Å². The second kappa shape index (κ2) is 5.46. The van der Waals surface area contributed by atoms with Crippen LogP contribution in [0.4, 0.5) is 5.69 Å². The van der Waals surface area contributed by atoms with Crippen LogP contribution in [-0.4, -0.2) is 22.2 Å². The summed E-state index contributed by atoms with van der Waals surface area (Å²) in [5, 5.41) is 10.4. The van der Waals surface area contributed by atoms with Crippen molar-refractivity contribution in [3.63, 3.8) is 0 Å². The number of anilines is 1. The molecule has 2 aromatic rings. The maximum Gasteiger partial charge on any atom is 0.233 e. The molecular formula is C15H18N4O. The standard InChI is InChI=1S/C15H18N4O/c1-2-19-10-12(8-17-19)18-15(20)14-9-16-7-11-5-3-4-6-13(11)14/h3-6,8,10,14,16H,2,7,9H2,1H3,(H,18,20). The van der Waals surface area contributed by atoms with E-state index in [9.17, 15) is 4.79 Å². The Morgan fingerprint density at radius 3 is 3.15 bits per heavy atom. The molecular weight excluding hydrogens is 252 g/mol. The monoisotopic (exact) mass is 270 g/mol. The van der Waals surface area contributed by atoms with Gasteiger partial charge in [0.25, 0.3) is 0 Å². The molecule has 1 aromatic heterocycles. The summed E-state index contributed by atoms with van der Waals surface area (Å²) in [6.07, 6.45) is 3.53. The highest BCUT2D eigenvalue weighted by Crippen LogP contribution is 2.25. The zero-order valence-electron chi connectivity index (χ0n) is 11.5. The van der Waals surface area contributed by atoms with Crippen molar-refractivity contribution in [2.75, 3.05) is 11.9 Å². The van der Waals surface area contributed by atoms with Crippen molar-refractivity contribution in [1.29, 1.82) is 0 Å². The molecule has 0 aliphatic carbocycles. The molecule has 5 nitrogen and oxygen atoms in total. The van der Waals surface area contributed by atoms with Gasteiger partial charge in [-0.2, -0.15) is 5.10 Å². The first-order valence-electron chi connectivity index (χ1n) is 6.89. The maximum atomic E-state index is 12.4. The average Bonchev–Trinajstić information content (AvgIpc) is 2.94. The number of benzene rings is 1. The van der Waals surface area contributed by atoms with Crippen LogP contribution >= 0.6 is 0 Å². The number of carbonyl (C=O) groups is 1. The molecule has 20 heavy (non-hydrogen) atoms. The lowest BCUT2D eigenvalue weighted by Gasteiger charge is -2.25. The molecule has 1 aliphatic heterocycles. The quantitative estimate of drug-likeness (QED) is 0.893. The Kier molecular flexibility index (Phi) is 3.52. The Labute approximate surface area is 118 Å². The number of carbonyl (C=O) groups excluding carboxylic acids is 1. The van der Waals surface area contributed by atoms with Gasteiger partial charge in [0.2, 0.25) is 5.91 Å². The molecule has 1 unspecified atom stereocenters. The van der Waals surface area contributed by atoms with Gasteiger partial charge >= 0.3 is 0 Å². The van der Waals surface area contributed by atoms with Gasteiger partial charge in [0.15, 0.2) is 0 Å². The smallest absolute Gasteiger partial charge is 0.233 e. The van der Waals surface area contributed by atoms with E-state index >= 15 is 0 Å². The summed E-state index contributed by atoms with van der Waals surface area (Å²) in [5.74, 6) is -0.134. The summed E-state index contributed by atoms with van der Waals surface area (Å²) in [5.41, 5.74) is 3.06. The number of nitrogens with zero attached hydrogens (tertiary/aromatic N) is 2. The Balaban J connectivity index is 1.78. The Morgan fingerprint density at radius 1 is 1.50 bits per heavy atom. The third kappa shape index (κ3) is 2.44. The van der Waals surface area contributed by atoms with E-state index in [2.05, 4.69) is 21.8 Å². The molecule has 1 atom stereocenters. The lowest BCUT2D eigenvalue weighted by molar-refractivity contribution is -0.117. The summed E-state index contributed by atoms with van der Waals surface area (Å²) < 4.78 is 1.79. The van der Waals surface area contributed by atoms with Crippen molar-refractivity contribution in [2.24, 2.45) is 0 Å². The summed E-state index contributed by atoms with van der Waals surface area (Å²) in [6.45, 7) is 4.31. The minimum atomic E-state index is -0.148. The average molecular weight is 270 g/mol. The normalized spacial score (nSPS) is 17.6. The van der Waals surface area contributed by atoms with Crippen LogP contribution in [0.25, 0.3) is 0 Å². The number of amides is 1. The molecule has 0 radical (unpaired) electrons.